The average molecular weight is 326 g/mol. The summed E-state index contributed by atoms with van der Waals surface area (Å²) in [7, 11) is 0. The lowest BCUT2D eigenvalue weighted by Crippen LogP contribution is -2.34. The standard InChI is InChI=1S/C17H18N4OS/c1-3-20(4-2)21-13-7-6-12(18)17-15(13)16(19-21)11-9-10(22)5-8-14(11)23-17/h5-9,22H,3-4,18H2,1-2H3. The Bertz CT molecular complexity index is 915. The second-order valence-electron chi connectivity index (χ2n) is 5.54. The lowest BCUT2D eigenvalue weighted by atomic mass is 10.1. The van der Waals surface area contributed by atoms with E-state index in [2.05, 4.69) is 18.9 Å². The van der Waals surface area contributed by atoms with Crippen LogP contribution in [0.4, 0.5) is 5.69 Å². The summed E-state index contributed by atoms with van der Waals surface area (Å²) in [6.07, 6.45) is 0. The summed E-state index contributed by atoms with van der Waals surface area (Å²) in [6, 6.07) is 9.38. The minimum Gasteiger partial charge on any atom is -0.508 e. The predicted octanol–water partition coefficient (Wildman–Crippen LogP) is 3.43. The first-order chi connectivity index (χ1) is 11.1. The molecule has 0 spiro atoms. The third-order valence-corrected chi connectivity index (χ3v) is 5.46. The fourth-order valence-corrected chi connectivity index (χ4v) is 4.20. The molecule has 0 unspecified atom stereocenters. The van der Waals surface area contributed by atoms with Gasteiger partial charge in [-0.05, 0) is 44.2 Å². The summed E-state index contributed by atoms with van der Waals surface area (Å²) < 4.78 is 0. The maximum Gasteiger partial charge on any atom is 0.116 e. The van der Waals surface area contributed by atoms with Crippen molar-refractivity contribution in [2.45, 2.75) is 23.6 Å². The van der Waals surface area contributed by atoms with Crippen LogP contribution >= 0.6 is 11.8 Å². The number of nitrogens with two attached hydrogens (primary N) is 1. The number of rotatable bonds is 3. The van der Waals surface area contributed by atoms with Gasteiger partial charge in [-0.15, -0.1) is 0 Å². The molecule has 0 saturated heterocycles. The SMILES string of the molecule is CCN(CC)n1nc2c3c(c(N)ccc31)Sc1ccc(O)cc1-2. The number of hydrogen-bond acceptors (Lipinski definition) is 5. The number of aromatic hydroxyl groups is 1. The Balaban J connectivity index is 2.09. The van der Waals surface area contributed by atoms with E-state index in [-0.39, 0.29) is 5.75 Å². The summed E-state index contributed by atoms with van der Waals surface area (Å²) in [5, 5.41) is 18.0. The van der Waals surface area contributed by atoms with Crippen LogP contribution < -0.4 is 10.7 Å². The number of phenols is 1. The molecule has 1 aromatic heterocycles. The Hall–Kier alpha value is -2.34. The zero-order chi connectivity index (χ0) is 16.1. The highest BCUT2D eigenvalue weighted by Crippen LogP contribution is 2.50. The summed E-state index contributed by atoms with van der Waals surface area (Å²) in [5.41, 5.74) is 9.88. The molecule has 0 bridgehead atoms. The van der Waals surface area contributed by atoms with Crippen molar-refractivity contribution in [3.63, 3.8) is 0 Å². The van der Waals surface area contributed by atoms with Crippen LogP contribution in [0.5, 0.6) is 5.75 Å². The van der Waals surface area contributed by atoms with Crippen LogP contribution in [-0.2, 0) is 0 Å². The Morgan fingerprint density at radius 1 is 1.22 bits per heavy atom. The molecular formula is C17H18N4OS. The minimum atomic E-state index is 0.252. The van der Waals surface area contributed by atoms with E-state index in [1.165, 1.54) is 0 Å². The van der Waals surface area contributed by atoms with Crippen molar-refractivity contribution in [1.82, 2.24) is 9.89 Å². The fraction of sp³-hybridized carbons (Fsp3) is 0.235. The van der Waals surface area contributed by atoms with Crippen LogP contribution in [0.1, 0.15) is 13.8 Å². The quantitative estimate of drug-likeness (QED) is 0.565. The molecule has 0 atom stereocenters. The second-order valence-corrected chi connectivity index (χ2v) is 6.59. The van der Waals surface area contributed by atoms with Gasteiger partial charge in [0.2, 0.25) is 0 Å². The van der Waals surface area contributed by atoms with Crippen molar-refractivity contribution < 1.29 is 5.11 Å². The number of nitrogen functional groups attached to an aromatic ring is 1. The number of aromatic nitrogens is 2. The highest BCUT2D eigenvalue weighted by Gasteiger charge is 2.26. The molecule has 3 N–H and O–H groups in total. The first-order valence-corrected chi connectivity index (χ1v) is 8.53. The molecule has 6 heteroatoms. The number of hydrogen-bond donors (Lipinski definition) is 2. The molecule has 118 valence electrons. The van der Waals surface area contributed by atoms with Gasteiger partial charge < -0.3 is 10.8 Å². The molecule has 23 heavy (non-hydrogen) atoms. The number of nitrogens with zero attached hydrogens (tertiary/aromatic N) is 3. The normalized spacial score (nSPS) is 12.4. The smallest absolute Gasteiger partial charge is 0.116 e. The van der Waals surface area contributed by atoms with E-state index in [0.29, 0.717) is 0 Å². The number of fused-ring (bicyclic) bond motifs is 2. The summed E-state index contributed by atoms with van der Waals surface area (Å²) in [5.74, 6) is 0.252. The highest BCUT2D eigenvalue weighted by atomic mass is 32.2. The molecule has 2 aromatic carbocycles. The predicted molar refractivity (Wildman–Crippen MR) is 94.7 cm³/mol. The number of phenolic OH excluding ortho intramolecular Hbond substituents is 1. The van der Waals surface area contributed by atoms with Crippen molar-refractivity contribution in [3.05, 3.63) is 30.3 Å². The fourth-order valence-electron chi connectivity index (χ4n) is 3.09. The van der Waals surface area contributed by atoms with E-state index < -0.39 is 0 Å². The van der Waals surface area contributed by atoms with E-state index in [0.717, 1.165) is 50.7 Å². The third kappa shape index (κ3) is 1.98. The van der Waals surface area contributed by atoms with Crippen molar-refractivity contribution in [3.8, 4) is 17.0 Å². The molecule has 1 aliphatic heterocycles. The zero-order valence-corrected chi connectivity index (χ0v) is 13.9. The van der Waals surface area contributed by atoms with Crippen LogP contribution in [0, 0.1) is 0 Å². The molecule has 5 nitrogen and oxygen atoms in total. The van der Waals surface area contributed by atoms with Gasteiger partial charge in [0.25, 0.3) is 0 Å². The Labute approximate surface area is 138 Å². The van der Waals surface area contributed by atoms with Gasteiger partial charge in [0.1, 0.15) is 11.4 Å². The Morgan fingerprint density at radius 2 is 2.00 bits per heavy atom. The zero-order valence-electron chi connectivity index (χ0n) is 13.1. The monoisotopic (exact) mass is 326 g/mol. The van der Waals surface area contributed by atoms with Crippen molar-refractivity contribution in [1.29, 1.82) is 0 Å². The minimum absolute atomic E-state index is 0.252. The van der Waals surface area contributed by atoms with Crippen LogP contribution in [0.25, 0.3) is 22.2 Å². The Kier molecular flexibility index (Phi) is 3.16. The first-order valence-electron chi connectivity index (χ1n) is 7.71. The molecule has 0 amide bonds. The first kappa shape index (κ1) is 14.3. The molecule has 3 aromatic rings. The van der Waals surface area contributed by atoms with Crippen LogP contribution in [0.2, 0.25) is 0 Å². The molecule has 0 aliphatic carbocycles. The van der Waals surface area contributed by atoms with E-state index in [4.69, 9.17) is 10.8 Å². The maximum absolute atomic E-state index is 9.88. The van der Waals surface area contributed by atoms with E-state index in [9.17, 15) is 5.11 Å². The lowest BCUT2D eigenvalue weighted by Gasteiger charge is -2.21. The van der Waals surface area contributed by atoms with E-state index in [1.807, 2.05) is 23.0 Å². The van der Waals surface area contributed by atoms with Crippen LogP contribution in [0.15, 0.2) is 40.1 Å². The van der Waals surface area contributed by atoms with E-state index >= 15 is 0 Å². The largest absolute Gasteiger partial charge is 0.508 e. The van der Waals surface area contributed by atoms with Crippen molar-refractivity contribution >= 4 is 28.4 Å². The molecule has 0 saturated carbocycles. The molecule has 2 heterocycles. The summed E-state index contributed by atoms with van der Waals surface area (Å²) in [6.45, 7) is 5.96. The summed E-state index contributed by atoms with van der Waals surface area (Å²) in [4.78, 5) is 4.08. The van der Waals surface area contributed by atoms with Gasteiger partial charge in [0.15, 0.2) is 0 Å². The van der Waals surface area contributed by atoms with Gasteiger partial charge in [-0.25, -0.2) is 0 Å². The van der Waals surface area contributed by atoms with Crippen molar-refractivity contribution in [2.75, 3.05) is 23.8 Å². The van der Waals surface area contributed by atoms with Gasteiger partial charge >= 0.3 is 0 Å². The Morgan fingerprint density at radius 3 is 2.74 bits per heavy atom. The molecule has 4 rings (SSSR count). The molecule has 0 fully saturated rings. The molecule has 1 aliphatic rings. The highest BCUT2D eigenvalue weighted by molar-refractivity contribution is 8.00. The van der Waals surface area contributed by atoms with Gasteiger partial charge in [0.05, 0.1) is 5.52 Å². The van der Waals surface area contributed by atoms with E-state index in [1.54, 1.807) is 23.9 Å². The van der Waals surface area contributed by atoms with Gasteiger partial charge in [-0.1, -0.05) is 11.8 Å². The maximum atomic E-state index is 9.88. The average Bonchev–Trinajstić information content (AvgIpc) is 2.93. The van der Waals surface area contributed by atoms with Crippen LogP contribution in [-0.4, -0.2) is 28.1 Å². The number of anilines is 1. The molecular weight excluding hydrogens is 308 g/mol. The second kappa shape index (κ2) is 5.09. The number of benzene rings is 2. The lowest BCUT2D eigenvalue weighted by molar-refractivity contribution is 0.475. The van der Waals surface area contributed by atoms with Crippen molar-refractivity contribution in [2.24, 2.45) is 0 Å². The third-order valence-electron chi connectivity index (χ3n) is 4.24. The van der Waals surface area contributed by atoms with Crippen LogP contribution in [0.3, 0.4) is 0 Å². The summed E-state index contributed by atoms with van der Waals surface area (Å²) >= 11 is 1.64. The molecule has 0 radical (unpaired) electrons. The van der Waals surface area contributed by atoms with Gasteiger partial charge in [-0.3, -0.25) is 5.01 Å². The van der Waals surface area contributed by atoms with Gasteiger partial charge in [0, 0.05) is 39.5 Å². The topological polar surface area (TPSA) is 67.3 Å². The van der Waals surface area contributed by atoms with Gasteiger partial charge in [-0.2, -0.15) is 9.89 Å².